The summed E-state index contributed by atoms with van der Waals surface area (Å²) in [5, 5.41) is 6.52. The lowest BCUT2D eigenvalue weighted by Crippen LogP contribution is -2.27. The van der Waals surface area contributed by atoms with E-state index in [1.54, 1.807) is 12.1 Å². The monoisotopic (exact) mass is 362 g/mol. The molecule has 2 aromatic rings. The summed E-state index contributed by atoms with van der Waals surface area (Å²) in [6.45, 7) is 2.83. The summed E-state index contributed by atoms with van der Waals surface area (Å²) in [5.41, 5.74) is 2.47. The largest absolute Gasteiger partial charge is 0.495 e. The van der Waals surface area contributed by atoms with Gasteiger partial charge in [-0.2, -0.15) is 0 Å². The van der Waals surface area contributed by atoms with Crippen molar-refractivity contribution in [1.82, 2.24) is 5.32 Å². The summed E-state index contributed by atoms with van der Waals surface area (Å²) >= 11 is 6.07. The first kappa shape index (κ1) is 17.4. The maximum atomic E-state index is 12.1. The Balaban J connectivity index is 1.54. The third kappa shape index (κ3) is 4.15. The molecule has 3 rings (SSSR count). The molecule has 2 N–H and O–H groups in total. The van der Waals surface area contributed by atoms with Gasteiger partial charge in [0.05, 0.1) is 19.3 Å². The normalized spacial score (nSPS) is 12.1. The van der Waals surface area contributed by atoms with Gasteiger partial charge in [-0.15, -0.1) is 0 Å². The van der Waals surface area contributed by atoms with Gasteiger partial charge in [0.15, 0.2) is 11.5 Å². The van der Waals surface area contributed by atoms with E-state index in [0.717, 1.165) is 22.6 Å². The van der Waals surface area contributed by atoms with Gasteiger partial charge in [0, 0.05) is 17.6 Å². The molecule has 1 aliphatic heterocycles. The van der Waals surface area contributed by atoms with Crippen LogP contribution in [0.3, 0.4) is 0 Å². The van der Waals surface area contributed by atoms with E-state index < -0.39 is 0 Å². The summed E-state index contributed by atoms with van der Waals surface area (Å²) in [4.78, 5) is 12.1. The predicted octanol–water partition coefficient (Wildman–Crippen LogP) is 3.11. The van der Waals surface area contributed by atoms with Gasteiger partial charge in [-0.3, -0.25) is 4.79 Å². The van der Waals surface area contributed by atoms with Gasteiger partial charge in [-0.05, 0) is 36.2 Å². The van der Waals surface area contributed by atoms with Gasteiger partial charge in [-0.25, -0.2) is 0 Å². The number of fused-ring (bicyclic) bond motifs is 1. The summed E-state index contributed by atoms with van der Waals surface area (Å²) in [6, 6.07) is 9.17. The van der Waals surface area contributed by atoms with E-state index in [1.165, 1.54) is 7.11 Å². The minimum absolute atomic E-state index is 0.166. The molecule has 0 bridgehead atoms. The zero-order valence-electron chi connectivity index (χ0n) is 14.0. The number of rotatable bonds is 6. The fourth-order valence-corrected chi connectivity index (χ4v) is 2.65. The van der Waals surface area contributed by atoms with Crippen LogP contribution in [0.2, 0.25) is 5.02 Å². The molecule has 0 saturated heterocycles. The average molecular weight is 363 g/mol. The van der Waals surface area contributed by atoms with Gasteiger partial charge >= 0.3 is 0 Å². The van der Waals surface area contributed by atoms with Crippen LogP contribution in [0.5, 0.6) is 17.2 Å². The van der Waals surface area contributed by atoms with E-state index in [0.29, 0.717) is 23.0 Å². The Morgan fingerprint density at radius 3 is 2.84 bits per heavy atom. The summed E-state index contributed by atoms with van der Waals surface area (Å²) in [5.74, 6) is 1.83. The van der Waals surface area contributed by atoms with Crippen molar-refractivity contribution >= 4 is 23.2 Å². The number of ether oxygens (including phenoxy) is 3. The molecule has 1 aliphatic rings. The molecule has 0 aromatic heterocycles. The number of amides is 1. The van der Waals surface area contributed by atoms with Crippen LogP contribution in [0.1, 0.15) is 11.1 Å². The molecule has 0 fully saturated rings. The summed E-state index contributed by atoms with van der Waals surface area (Å²) < 4.78 is 15.9. The Bertz CT molecular complexity index is 795. The third-order valence-electron chi connectivity index (χ3n) is 3.81. The minimum atomic E-state index is -0.166. The van der Waals surface area contributed by atoms with Crippen LogP contribution < -0.4 is 24.8 Å². The highest BCUT2D eigenvalue weighted by atomic mass is 35.5. The van der Waals surface area contributed by atoms with E-state index in [-0.39, 0.29) is 19.2 Å². The number of carbonyl (C=O) groups is 1. The van der Waals surface area contributed by atoms with E-state index >= 15 is 0 Å². The standard InChI is InChI=1S/C18H19ClN2O4/c1-11-5-14(16(23-2)7-13(11)19)21-18(22)9-20-8-12-3-4-15-17(6-12)25-10-24-15/h3-7,20H,8-10H2,1-2H3,(H,21,22). The molecular formula is C18H19ClN2O4. The smallest absolute Gasteiger partial charge is 0.238 e. The highest BCUT2D eigenvalue weighted by Gasteiger charge is 2.13. The van der Waals surface area contributed by atoms with Crippen molar-refractivity contribution in [3.8, 4) is 17.2 Å². The average Bonchev–Trinajstić information content (AvgIpc) is 3.05. The summed E-state index contributed by atoms with van der Waals surface area (Å²) in [7, 11) is 1.54. The third-order valence-corrected chi connectivity index (χ3v) is 4.21. The van der Waals surface area contributed by atoms with Crippen molar-refractivity contribution in [2.24, 2.45) is 0 Å². The second kappa shape index (κ2) is 7.63. The molecule has 25 heavy (non-hydrogen) atoms. The minimum Gasteiger partial charge on any atom is -0.495 e. The quantitative estimate of drug-likeness (QED) is 0.826. The molecule has 0 unspecified atom stereocenters. The number of hydrogen-bond acceptors (Lipinski definition) is 5. The van der Waals surface area contributed by atoms with Gasteiger partial charge in [0.1, 0.15) is 5.75 Å². The van der Waals surface area contributed by atoms with Gasteiger partial charge in [0.25, 0.3) is 0 Å². The number of methoxy groups -OCH3 is 1. The van der Waals surface area contributed by atoms with Crippen molar-refractivity contribution in [3.63, 3.8) is 0 Å². The fourth-order valence-electron chi connectivity index (χ4n) is 2.50. The van der Waals surface area contributed by atoms with Crippen molar-refractivity contribution in [2.45, 2.75) is 13.5 Å². The van der Waals surface area contributed by atoms with E-state index in [2.05, 4.69) is 10.6 Å². The van der Waals surface area contributed by atoms with Crippen LogP contribution >= 0.6 is 11.6 Å². The maximum absolute atomic E-state index is 12.1. The van der Waals surface area contributed by atoms with E-state index in [9.17, 15) is 4.79 Å². The number of nitrogens with one attached hydrogen (secondary N) is 2. The maximum Gasteiger partial charge on any atom is 0.238 e. The highest BCUT2D eigenvalue weighted by Crippen LogP contribution is 2.32. The first-order valence-electron chi connectivity index (χ1n) is 7.80. The number of hydrogen-bond donors (Lipinski definition) is 2. The molecule has 0 atom stereocenters. The molecule has 1 amide bonds. The Labute approximate surface area is 151 Å². The van der Waals surface area contributed by atoms with Gasteiger partial charge in [-0.1, -0.05) is 17.7 Å². The zero-order chi connectivity index (χ0) is 17.8. The summed E-state index contributed by atoms with van der Waals surface area (Å²) in [6.07, 6.45) is 0. The molecule has 0 aliphatic carbocycles. The Hall–Kier alpha value is -2.44. The molecule has 6 nitrogen and oxygen atoms in total. The second-order valence-electron chi connectivity index (χ2n) is 5.64. The van der Waals surface area contributed by atoms with Crippen molar-refractivity contribution in [3.05, 3.63) is 46.5 Å². The molecule has 0 radical (unpaired) electrons. The molecule has 7 heteroatoms. The van der Waals surface area contributed by atoms with Crippen molar-refractivity contribution < 1.29 is 19.0 Å². The Morgan fingerprint density at radius 1 is 1.24 bits per heavy atom. The number of halogens is 1. The highest BCUT2D eigenvalue weighted by molar-refractivity contribution is 6.31. The van der Waals surface area contributed by atoms with Crippen molar-refractivity contribution in [1.29, 1.82) is 0 Å². The lowest BCUT2D eigenvalue weighted by Gasteiger charge is -2.12. The Morgan fingerprint density at radius 2 is 2.04 bits per heavy atom. The molecule has 132 valence electrons. The van der Waals surface area contributed by atoms with Crippen LogP contribution in [0.25, 0.3) is 0 Å². The number of carbonyl (C=O) groups excluding carboxylic acids is 1. The molecule has 2 aromatic carbocycles. The Kier molecular flexibility index (Phi) is 5.31. The topological polar surface area (TPSA) is 68.8 Å². The zero-order valence-corrected chi connectivity index (χ0v) is 14.8. The van der Waals surface area contributed by atoms with Crippen LogP contribution in [0.15, 0.2) is 30.3 Å². The first-order valence-corrected chi connectivity index (χ1v) is 8.18. The number of aryl methyl sites for hydroxylation is 1. The SMILES string of the molecule is COc1cc(Cl)c(C)cc1NC(=O)CNCc1ccc2c(c1)OCO2. The van der Waals surface area contributed by atoms with Crippen LogP contribution in [-0.2, 0) is 11.3 Å². The lowest BCUT2D eigenvalue weighted by atomic mass is 10.2. The van der Waals surface area contributed by atoms with Crippen molar-refractivity contribution in [2.75, 3.05) is 25.8 Å². The number of benzene rings is 2. The van der Waals surface area contributed by atoms with E-state index in [4.69, 9.17) is 25.8 Å². The molecular weight excluding hydrogens is 344 g/mol. The van der Waals surface area contributed by atoms with Crippen LogP contribution in [-0.4, -0.2) is 26.4 Å². The lowest BCUT2D eigenvalue weighted by molar-refractivity contribution is -0.115. The van der Waals surface area contributed by atoms with E-state index in [1.807, 2.05) is 25.1 Å². The number of anilines is 1. The second-order valence-corrected chi connectivity index (χ2v) is 6.05. The predicted molar refractivity (Wildman–Crippen MR) is 95.6 cm³/mol. The van der Waals surface area contributed by atoms with Gasteiger partial charge < -0.3 is 24.8 Å². The fraction of sp³-hybridized carbons (Fsp3) is 0.278. The van der Waals surface area contributed by atoms with Gasteiger partial charge in [0.2, 0.25) is 12.7 Å². The first-order chi connectivity index (χ1) is 12.1. The molecule has 1 heterocycles. The molecule has 0 saturated carbocycles. The van der Waals surface area contributed by atoms with Crippen LogP contribution in [0, 0.1) is 6.92 Å². The molecule has 0 spiro atoms. The van der Waals surface area contributed by atoms with Crippen LogP contribution in [0.4, 0.5) is 5.69 Å².